The Morgan fingerprint density at radius 3 is 2.91 bits per heavy atom. The number of hydrogen-bond donors (Lipinski definition) is 1. The SMILES string of the molecule is C=CC1=CC2C=CC=CC2N1. The Labute approximate surface area is 66.8 Å². The highest BCUT2D eigenvalue weighted by atomic mass is 14.9. The first kappa shape index (κ1) is 6.47. The van der Waals surface area contributed by atoms with Gasteiger partial charge in [0.05, 0.1) is 6.04 Å². The summed E-state index contributed by atoms with van der Waals surface area (Å²) in [5.41, 5.74) is 1.15. The fraction of sp³-hybridized carbons (Fsp3) is 0.200. The highest BCUT2D eigenvalue weighted by Gasteiger charge is 2.21. The molecule has 0 spiro atoms. The zero-order valence-electron chi connectivity index (χ0n) is 6.33. The number of fused-ring (bicyclic) bond motifs is 1. The van der Waals surface area contributed by atoms with Crippen LogP contribution in [0.5, 0.6) is 0 Å². The molecule has 2 rings (SSSR count). The Hall–Kier alpha value is -1.24. The summed E-state index contributed by atoms with van der Waals surface area (Å²) in [4.78, 5) is 0. The average molecular weight is 145 g/mol. The summed E-state index contributed by atoms with van der Waals surface area (Å²) in [6.07, 6.45) is 12.6. The van der Waals surface area contributed by atoms with Crippen LogP contribution in [0.25, 0.3) is 0 Å². The molecule has 0 saturated heterocycles. The summed E-state index contributed by atoms with van der Waals surface area (Å²) >= 11 is 0. The smallest absolute Gasteiger partial charge is 0.0545 e. The zero-order valence-corrected chi connectivity index (χ0v) is 6.33. The van der Waals surface area contributed by atoms with Crippen molar-refractivity contribution in [3.63, 3.8) is 0 Å². The largest absolute Gasteiger partial charge is 0.378 e. The first-order valence-electron chi connectivity index (χ1n) is 3.86. The highest BCUT2D eigenvalue weighted by molar-refractivity contribution is 5.32. The van der Waals surface area contributed by atoms with Gasteiger partial charge in [0, 0.05) is 11.6 Å². The molecular weight excluding hydrogens is 134 g/mol. The molecule has 11 heavy (non-hydrogen) atoms. The third kappa shape index (κ3) is 1.03. The molecule has 0 aromatic heterocycles. The van der Waals surface area contributed by atoms with E-state index in [4.69, 9.17) is 0 Å². The van der Waals surface area contributed by atoms with Crippen LogP contribution in [0.1, 0.15) is 0 Å². The predicted molar refractivity (Wildman–Crippen MR) is 47.0 cm³/mol. The van der Waals surface area contributed by atoms with Crippen LogP contribution in [0.2, 0.25) is 0 Å². The Bertz CT molecular complexity index is 258. The molecule has 0 saturated carbocycles. The molecule has 1 heteroatoms. The molecule has 1 aliphatic carbocycles. The van der Waals surface area contributed by atoms with Gasteiger partial charge in [0.2, 0.25) is 0 Å². The van der Waals surface area contributed by atoms with E-state index in [-0.39, 0.29) is 0 Å². The van der Waals surface area contributed by atoms with Crippen molar-refractivity contribution in [3.05, 3.63) is 48.7 Å². The van der Waals surface area contributed by atoms with Crippen LogP contribution in [0, 0.1) is 5.92 Å². The Kier molecular flexibility index (Phi) is 1.42. The van der Waals surface area contributed by atoms with Gasteiger partial charge in [-0.3, -0.25) is 0 Å². The van der Waals surface area contributed by atoms with Crippen molar-refractivity contribution in [2.75, 3.05) is 0 Å². The minimum absolute atomic E-state index is 0.466. The standard InChI is InChI=1S/C10H11N/c1-2-9-7-8-5-3-4-6-10(8)11-9/h2-8,10-11H,1H2. The van der Waals surface area contributed by atoms with E-state index in [2.05, 4.69) is 42.3 Å². The molecule has 0 aromatic rings. The maximum absolute atomic E-state index is 3.72. The highest BCUT2D eigenvalue weighted by Crippen LogP contribution is 2.22. The van der Waals surface area contributed by atoms with Crippen LogP contribution in [-0.4, -0.2) is 6.04 Å². The molecule has 1 N–H and O–H groups in total. The van der Waals surface area contributed by atoms with Crippen LogP contribution >= 0.6 is 0 Å². The fourth-order valence-corrected chi connectivity index (χ4v) is 1.50. The first-order chi connectivity index (χ1) is 5.40. The second kappa shape index (κ2) is 2.42. The Morgan fingerprint density at radius 1 is 1.36 bits per heavy atom. The zero-order chi connectivity index (χ0) is 7.68. The van der Waals surface area contributed by atoms with Crippen molar-refractivity contribution in [2.45, 2.75) is 6.04 Å². The predicted octanol–water partition coefficient (Wildman–Crippen LogP) is 1.77. The lowest BCUT2D eigenvalue weighted by atomic mass is 9.98. The minimum Gasteiger partial charge on any atom is -0.378 e. The van der Waals surface area contributed by atoms with E-state index in [1.807, 2.05) is 6.08 Å². The number of nitrogens with one attached hydrogen (secondary N) is 1. The third-order valence-corrected chi connectivity index (χ3v) is 2.10. The van der Waals surface area contributed by atoms with E-state index in [1.54, 1.807) is 0 Å². The number of allylic oxidation sites excluding steroid dienone is 3. The summed E-state index contributed by atoms with van der Waals surface area (Å²) in [5, 5.41) is 3.35. The van der Waals surface area contributed by atoms with Gasteiger partial charge in [0.1, 0.15) is 0 Å². The molecule has 1 aliphatic heterocycles. The van der Waals surface area contributed by atoms with Gasteiger partial charge in [0.15, 0.2) is 0 Å². The maximum atomic E-state index is 3.72. The molecule has 0 fully saturated rings. The Morgan fingerprint density at radius 2 is 2.18 bits per heavy atom. The normalized spacial score (nSPS) is 32.5. The van der Waals surface area contributed by atoms with Crippen molar-refractivity contribution in [1.82, 2.24) is 5.32 Å². The molecular formula is C10H11N. The molecule has 0 amide bonds. The first-order valence-corrected chi connectivity index (χ1v) is 3.86. The van der Waals surface area contributed by atoms with E-state index in [9.17, 15) is 0 Å². The van der Waals surface area contributed by atoms with Gasteiger partial charge in [-0.05, 0) is 6.08 Å². The minimum atomic E-state index is 0.466. The lowest BCUT2D eigenvalue weighted by Crippen LogP contribution is -2.25. The summed E-state index contributed by atoms with van der Waals surface area (Å²) < 4.78 is 0. The van der Waals surface area contributed by atoms with Gasteiger partial charge in [-0.25, -0.2) is 0 Å². The molecule has 2 atom stereocenters. The molecule has 1 heterocycles. The van der Waals surface area contributed by atoms with Crippen molar-refractivity contribution < 1.29 is 0 Å². The van der Waals surface area contributed by atoms with Crippen molar-refractivity contribution in [3.8, 4) is 0 Å². The van der Waals surface area contributed by atoms with E-state index in [1.165, 1.54) is 0 Å². The van der Waals surface area contributed by atoms with Crippen LogP contribution < -0.4 is 5.32 Å². The lowest BCUT2D eigenvalue weighted by Gasteiger charge is -2.15. The summed E-state index contributed by atoms with van der Waals surface area (Å²) in [5.74, 6) is 0.535. The summed E-state index contributed by atoms with van der Waals surface area (Å²) in [6, 6.07) is 0.466. The topological polar surface area (TPSA) is 12.0 Å². The van der Waals surface area contributed by atoms with Crippen molar-refractivity contribution >= 4 is 0 Å². The van der Waals surface area contributed by atoms with Gasteiger partial charge in [-0.1, -0.05) is 37.0 Å². The molecule has 0 aromatic carbocycles. The van der Waals surface area contributed by atoms with Gasteiger partial charge in [-0.15, -0.1) is 0 Å². The molecule has 0 radical (unpaired) electrons. The fourth-order valence-electron chi connectivity index (χ4n) is 1.50. The molecule has 0 bridgehead atoms. The van der Waals surface area contributed by atoms with Gasteiger partial charge < -0.3 is 5.32 Å². The molecule has 56 valence electrons. The van der Waals surface area contributed by atoms with E-state index >= 15 is 0 Å². The quantitative estimate of drug-likeness (QED) is 0.593. The van der Waals surface area contributed by atoms with Crippen LogP contribution in [0.4, 0.5) is 0 Å². The van der Waals surface area contributed by atoms with Gasteiger partial charge in [-0.2, -0.15) is 0 Å². The second-order valence-electron chi connectivity index (χ2n) is 2.84. The number of rotatable bonds is 1. The summed E-state index contributed by atoms with van der Waals surface area (Å²) in [7, 11) is 0. The Balaban J connectivity index is 2.22. The maximum Gasteiger partial charge on any atom is 0.0545 e. The molecule has 1 nitrogen and oxygen atoms in total. The second-order valence-corrected chi connectivity index (χ2v) is 2.84. The molecule has 2 aliphatic rings. The van der Waals surface area contributed by atoms with E-state index in [0.29, 0.717) is 12.0 Å². The van der Waals surface area contributed by atoms with Crippen molar-refractivity contribution in [2.24, 2.45) is 5.92 Å². The number of hydrogen-bond acceptors (Lipinski definition) is 1. The lowest BCUT2D eigenvalue weighted by molar-refractivity contribution is 0.642. The monoisotopic (exact) mass is 145 g/mol. The molecule has 2 unspecified atom stereocenters. The van der Waals surface area contributed by atoms with Crippen LogP contribution in [-0.2, 0) is 0 Å². The van der Waals surface area contributed by atoms with E-state index in [0.717, 1.165) is 5.70 Å². The van der Waals surface area contributed by atoms with Crippen molar-refractivity contribution in [1.29, 1.82) is 0 Å². The average Bonchev–Trinajstić information content (AvgIpc) is 2.46. The summed E-state index contributed by atoms with van der Waals surface area (Å²) in [6.45, 7) is 3.72. The van der Waals surface area contributed by atoms with Gasteiger partial charge >= 0.3 is 0 Å². The van der Waals surface area contributed by atoms with E-state index < -0.39 is 0 Å². The van der Waals surface area contributed by atoms with Gasteiger partial charge in [0.25, 0.3) is 0 Å². The van der Waals surface area contributed by atoms with Crippen LogP contribution in [0.15, 0.2) is 48.7 Å². The van der Waals surface area contributed by atoms with Crippen LogP contribution in [0.3, 0.4) is 0 Å². The third-order valence-electron chi connectivity index (χ3n) is 2.10.